The number of nitrogens with zero attached hydrogens (tertiary/aromatic N) is 3. The van der Waals surface area contributed by atoms with Crippen molar-refractivity contribution in [2.75, 3.05) is 4.72 Å². The normalized spacial score (nSPS) is 11.2. The van der Waals surface area contributed by atoms with Gasteiger partial charge in [-0.25, -0.2) is 18.4 Å². The van der Waals surface area contributed by atoms with Crippen LogP contribution in [0.4, 0.5) is 5.82 Å². The van der Waals surface area contributed by atoms with Crippen LogP contribution in [0, 0.1) is 13.8 Å². The summed E-state index contributed by atoms with van der Waals surface area (Å²) >= 11 is 0. The third-order valence-electron chi connectivity index (χ3n) is 4.72. The van der Waals surface area contributed by atoms with Gasteiger partial charge in [0.1, 0.15) is 6.61 Å². The zero-order valence-corrected chi connectivity index (χ0v) is 18.5. The molecular weight excluding hydrogens is 424 g/mol. The average Bonchev–Trinajstić information content (AvgIpc) is 2.79. The molecule has 2 aromatic carbocycles. The van der Waals surface area contributed by atoms with Crippen molar-refractivity contribution in [2.45, 2.75) is 25.3 Å². The van der Waals surface area contributed by atoms with Gasteiger partial charge in [0.05, 0.1) is 16.8 Å². The molecule has 0 saturated heterocycles. The molecule has 0 aliphatic heterocycles. The summed E-state index contributed by atoms with van der Waals surface area (Å²) in [7, 11) is -3.86. The summed E-state index contributed by atoms with van der Waals surface area (Å²) in [6.07, 6.45) is 4.87. The molecule has 1 N–H and O–H groups in total. The summed E-state index contributed by atoms with van der Waals surface area (Å²) in [5.41, 5.74) is 4.30. The summed E-state index contributed by atoms with van der Waals surface area (Å²) in [6, 6.07) is 18.0. The third-order valence-corrected chi connectivity index (χ3v) is 6.07. The molecule has 0 bridgehead atoms. The lowest BCUT2D eigenvalue weighted by Gasteiger charge is -2.13. The molecule has 2 heterocycles. The van der Waals surface area contributed by atoms with Gasteiger partial charge in [0, 0.05) is 23.5 Å². The number of pyridine rings is 1. The highest BCUT2D eigenvalue weighted by molar-refractivity contribution is 7.92. The first-order chi connectivity index (χ1) is 15.4. The quantitative estimate of drug-likeness (QED) is 0.448. The number of benzene rings is 2. The SMILES string of the molecule is Cc1ccc(S(=O)(=O)Nc2ncc(-c3cccc(C)c3)nc2OCc2cccnc2)cc1. The van der Waals surface area contributed by atoms with Crippen LogP contribution < -0.4 is 9.46 Å². The smallest absolute Gasteiger partial charge is 0.263 e. The van der Waals surface area contributed by atoms with Gasteiger partial charge in [-0.3, -0.25) is 9.71 Å². The number of anilines is 1. The Morgan fingerprint density at radius 2 is 1.75 bits per heavy atom. The van der Waals surface area contributed by atoms with Crippen LogP contribution in [0.15, 0.2) is 84.1 Å². The topological polar surface area (TPSA) is 94.1 Å². The molecule has 0 aliphatic rings. The Hall–Kier alpha value is -3.78. The number of aromatic nitrogens is 3. The van der Waals surface area contributed by atoms with Crippen molar-refractivity contribution >= 4 is 15.8 Å². The number of nitrogens with one attached hydrogen (secondary N) is 1. The molecule has 0 radical (unpaired) electrons. The van der Waals surface area contributed by atoms with Gasteiger partial charge in [-0.2, -0.15) is 0 Å². The van der Waals surface area contributed by atoms with Crippen molar-refractivity contribution in [1.82, 2.24) is 15.0 Å². The van der Waals surface area contributed by atoms with Gasteiger partial charge < -0.3 is 4.74 Å². The monoisotopic (exact) mass is 446 g/mol. The van der Waals surface area contributed by atoms with E-state index >= 15 is 0 Å². The molecule has 8 heteroatoms. The maximum atomic E-state index is 12.9. The van der Waals surface area contributed by atoms with Crippen LogP contribution in [-0.2, 0) is 16.6 Å². The molecule has 0 aliphatic carbocycles. The predicted molar refractivity (Wildman–Crippen MR) is 123 cm³/mol. The van der Waals surface area contributed by atoms with Crippen LogP contribution >= 0.6 is 0 Å². The summed E-state index contributed by atoms with van der Waals surface area (Å²) in [4.78, 5) is 13.1. The van der Waals surface area contributed by atoms with Crippen LogP contribution in [0.3, 0.4) is 0 Å². The molecule has 162 valence electrons. The number of sulfonamides is 1. The molecule has 2 aromatic heterocycles. The fraction of sp³-hybridized carbons (Fsp3) is 0.125. The Morgan fingerprint density at radius 3 is 2.47 bits per heavy atom. The molecule has 32 heavy (non-hydrogen) atoms. The lowest BCUT2D eigenvalue weighted by atomic mass is 10.1. The van der Waals surface area contributed by atoms with Gasteiger partial charge >= 0.3 is 0 Å². The molecule has 0 amide bonds. The molecule has 0 spiro atoms. The van der Waals surface area contributed by atoms with Crippen LogP contribution in [-0.4, -0.2) is 23.4 Å². The zero-order chi connectivity index (χ0) is 22.6. The first-order valence-electron chi connectivity index (χ1n) is 9.96. The second-order valence-corrected chi connectivity index (χ2v) is 9.03. The summed E-state index contributed by atoms with van der Waals surface area (Å²) in [6.45, 7) is 4.05. The molecule has 0 fully saturated rings. The maximum absolute atomic E-state index is 12.9. The van der Waals surface area contributed by atoms with E-state index in [-0.39, 0.29) is 23.2 Å². The Morgan fingerprint density at radius 1 is 0.938 bits per heavy atom. The van der Waals surface area contributed by atoms with Crippen molar-refractivity contribution in [3.63, 3.8) is 0 Å². The van der Waals surface area contributed by atoms with E-state index in [1.54, 1.807) is 42.7 Å². The van der Waals surface area contributed by atoms with Gasteiger partial charge in [-0.05, 0) is 38.1 Å². The van der Waals surface area contributed by atoms with E-state index in [4.69, 9.17) is 4.74 Å². The van der Waals surface area contributed by atoms with Gasteiger partial charge in [-0.1, -0.05) is 47.5 Å². The minimum absolute atomic E-state index is 0.0193. The van der Waals surface area contributed by atoms with Crippen LogP contribution in [0.2, 0.25) is 0 Å². The first-order valence-corrected chi connectivity index (χ1v) is 11.4. The van der Waals surface area contributed by atoms with Crippen molar-refractivity contribution in [3.8, 4) is 17.1 Å². The summed E-state index contributed by atoms with van der Waals surface area (Å²) in [5, 5.41) is 0. The standard InChI is InChI=1S/C24H22N4O3S/c1-17-8-10-21(11-9-17)32(29,30)28-23-24(31-16-19-6-4-12-25-14-19)27-22(15-26-23)20-7-3-5-18(2)13-20/h3-15H,16H2,1-2H3,(H,26,28). The maximum Gasteiger partial charge on any atom is 0.263 e. The molecule has 7 nitrogen and oxygen atoms in total. The van der Waals surface area contributed by atoms with Gasteiger partial charge in [0.25, 0.3) is 15.9 Å². The highest BCUT2D eigenvalue weighted by Crippen LogP contribution is 2.28. The fourth-order valence-electron chi connectivity index (χ4n) is 3.03. The van der Waals surface area contributed by atoms with Gasteiger partial charge in [0.15, 0.2) is 0 Å². The zero-order valence-electron chi connectivity index (χ0n) is 17.7. The fourth-order valence-corrected chi connectivity index (χ4v) is 4.03. The largest absolute Gasteiger partial charge is 0.470 e. The van der Waals surface area contributed by atoms with Crippen LogP contribution in [0.5, 0.6) is 5.88 Å². The molecule has 4 rings (SSSR count). The molecule has 0 atom stereocenters. The molecular formula is C24H22N4O3S. The first kappa shape index (κ1) is 21.5. The highest BCUT2D eigenvalue weighted by atomic mass is 32.2. The van der Waals surface area contributed by atoms with Crippen molar-refractivity contribution in [2.24, 2.45) is 0 Å². The van der Waals surface area contributed by atoms with Gasteiger partial charge in [0.2, 0.25) is 5.82 Å². The van der Waals surface area contributed by atoms with Crippen molar-refractivity contribution < 1.29 is 13.2 Å². The van der Waals surface area contributed by atoms with Crippen molar-refractivity contribution in [3.05, 3.63) is 95.9 Å². The van der Waals surface area contributed by atoms with Gasteiger partial charge in [-0.15, -0.1) is 0 Å². The van der Waals surface area contributed by atoms with E-state index in [0.717, 1.165) is 22.3 Å². The number of aryl methyl sites for hydroxylation is 2. The lowest BCUT2D eigenvalue weighted by molar-refractivity contribution is 0.294. The highest BCUT2D eigenvalue weighted by Gasteiger charge is 2.19. The van der Waals surface area contributed by atoms with Crippen LogP contribution in [0.1, 0.15) is 16.7 Å². The number of hydrogen-bond acceptors (Lipinski definition) is 6. The molecule has 0 unspecified atom stereocenters. The number of ether oxygens (including phenoxy) is 1. The summed E-state index contributed by atoms with van der Waals surface area (Å²) < 4.78 is 34.2. The third kappa shape index (κ3) is 5.09. The molecule has 4 aromatic rings. The second-order valence-electron chi connectivity index (χ2n) is 7.35. The Balaban J connectivity index is 1.69. The lowest BCUT2D eigenvalue weighted by Crippen LogP contribution is -2.15. The van der Waals surface area contributed by atoms with E-state index in [9.17, 15) is 8.42 Å². The second kappa shape index (κ2) is 9.15. The number of rotatable bonds is 7. The molecule has 0 saturated carbocycles. The minimum Gasteiger partial charge on any atom is -0.470 e. The van der Waals surface area contributed by atoms with E-state index in [1.165, 1.54) is 6.20 Å². The minimum atomic E-state index is -3.86. The van der Waals surface area contributed by atoms with Crippen LogP contribution in [0.25, 0.3) is 11.3 Å². The van der Waals surface area contributed by atoms with E-state index < -0.39 is 10.0 Å². The number of hydrogen-bond donors (Lipinski definition) is 1. The Bertz CT molecular complexity index is 1330. The van der Waals surface area contributed by atoms with E-state index in [1.807, 2.05) is 44.2 Å². The Kier molecular flexibility index (Phi) is 6.13. The van der Waals surface area contributed by atoms with Crippen molar-refractivity contribution in [1.29, 1.82) is 0 Å². The predicted octanol–water partition coefficient (Wildman–Crippen LogP) is 4.54. The Labute approximate surface area is 187 Å². The summed E-state index contributed by atoms with van der Waals surface area (Å²) in [5.74, 6) is 0.106. The van der Waals surface area contributed by atoms with E-state index in [0.29, 0.717) is 5.69 Å². The average molecular weight is 447 g/mol. The van der Waals surface area contributed by atoms with E-state index in [2.05, 4.69) is 19.7 Å².